The van der Waals surface area contributed by atoms with Crippen molar-refractivity contribution in [1.82, 2.24) is 0 Å². The second-order valence-corrected chi connectivity index (χ2v) is 7.40. The van der Waals surface area contributed by atoms with Gasteiger partial charge in [0.15, 0.2) is 37.2 Å². The third-order valence-corrected chi connectivity index (χ3v) is 4.64. The Balaban J connectivity index is -0.000000391. The maximum atomic E-state index is 2.21. The molecule has 0 radical (unpaired) electrons. The first-order valence-corrected chi connectivity index (χ1v) is 11.6. The molecule has 3 aromatic rings. The molecule has 0 unspecified atom stereocenters. The van der Waals surface area contributed by atoms with Crippen LogP contribution in [0, 0.1) is 0 Å². The summed E-state index contributed by atoms with van der Waals surface area (Å²) in [5.41, 5.74) is 0. The van der Waals surface area contributed by atoms with Crippen molar-refractivity contribution in [2.45, 2.75) is 78.9 Å². The number of aryl methyl sites for hydroxylation is 3. The van der Waals surface area contributed by atoms with Gasteiger partial charge in [-0.05, 0) is 0 Å². The Morgan fingerprint density at radius 3 is 0.758 bits per heavy atom. The Kier molecular flexibility index (Phi) is 26.9. The van der Waals surface area contributed by atoms with Gasteiger partial charge in [-0.25, -0.2) is 13.7 Å². The van der Waals surface area contributed by atoms with Gasteiger partial charge in [-0.15, -0.1) is 0 Å². The Morgan fingerprint density at radius 2 is 0.576 bits per heavy atom. The summed E-state index contributed by atoms with van der Waals surface area (Å²) in [4.78, 5) is 0. The van der Waals surface area contributed by atoms with E-state index >= 15 is 0 Å². The Labute approximate surface area is 198 Å². The van der Waals surface area contributed by atoms with E-state index in [1.807, 2.05) is 18.2 Å². The van der Waals surface area contributed by atoms with Crippen LogP contribution in [-0.4, -0.2) is 0 Å². The van der Waals surface area contributed by atoms with Crippen molar-refractivity contribution in [3.8, 4) is 0 Å². The van der Waals surface area contributed by atoms with E-state index in [-0.39, 0.29) is 14.1 Å². The molecule has 0 spiro atoms. The molecular formula is C27H42F3N3. The maximum Gasteiger partial charge on any atom is 0.168 e. The van der Waals surface area contributed by atoms with Gasteiger partial charge in [0, 0.05) is 55.7 Å². The molecule has 0 fully saturated rings. The van der Waals surface area contributed by atoms with Gasteiger partial charge in [0.1, 0.15) is 19.6 Å². The molecule has 0 N–H and O–H groups in total. The van der Waals surface area contributed by atoms with E-state index in [1.165, 1.54) is 38.5 Å². The molecule has 3 aromatic heterocycles. The zero-order valence-corrected chi connectivity index (χ0v) is 20.5. The van der Waals surface area contributed by atoms with Crippen LogP contribution in [0.1, 0.15) is 59.3 Å². The smallest absolute Gasteiger partial charge is 0.168 e. The third-order valence-electron chi connectivity index (χ3n) is 4.64. The minimum Gasteiger partial charge on any atom is -1.00 e. The Bertz CT molecular complexity index is 626. The molecule has 0 aliphatic rings. The average Bonchev–Trinajstić information content (AvgIpc) is 2.83. The Morgan fingerprint density at radius 1 is 0.364 bits per heavy atom. The second-order valence-electron chi connectivity index (χ2n) is 7.40. The number of halogens is 3. The summed E-state index contributed by atoms with van der Waals surface area (Å²) in [6.07, 6.45) is 20.3. The van der Waals surface area contributed by atoms with Gasteiger partial charge in [0.25, 0.3) is 0 Å². The van der Waals surface area contributed by atoms with Crippen LogP contribution in [0.3, 0.4) is 0 Å². The first-order chi connectivity index (χ1) is 14.8. The maximum absolute atomic E-state index is 2.21. The van der Waals surface area contributed by atoms with Crippen molar-refractivity contribution in [3.63, 3.8) is 0 Å². The highest BCUT2D eigenvalue weighted by molar-refractivity contribution is 4.84. The molecule has 0 saturated heterocycles. The molecule has 0 aliphatic heterocycles. The molecule has 0 amide bonds. The lowest BCUT2D eigenvalue weighted by atomic mass is 10.3. The summed E-state index contributed by atoms with van der Waals surface area (Å²) in [6, 6.07) is 18.5. The summed E-state index contributed by atoms with van der Waals surface area (Å²) in [7, 11) is 0. The normalized spacial score (nSPS) is 8.82. The van der Waals surface area contributed by atoms with Gasteiger partial charge in [-0.1, -0.05) is 58.2 Å². The summed E-state index contributed by atoms with van der Waals surface area (Å²) in [6.45, 7) is 10.1. The van der Waals surface area contributed by atoms with Crippen molar-refractivity contribution in [3.05, 3.63) is 91.8 Å². The molecule has 0 aromatic carbocycles. The fourth-order valence-corrected chi connectivity index (χ4v) is 2.77. The Hall–Kier alpha value is -2.76. The lowest BCUT2D eigenvalue weighted by Gasteiger charge is -1.91. The highest BCUT2D eigenvalue weighted by atomic mass is 19.0. The predicted octanol–water partition coefficient (Wildman–Crippen LogP) is -3.67. The number of pyridine rings is 3. The average molecular weight is 466 g/mol. The van der Waals surface area contributed by atoms with E-state index in [4.69, 9.17) is 0 Å². The van der Waals surface area contributed by atoms with E-state index < -0.39 is 0 Å². The molecular weight excluding hydrogens is 423 g/mol. The van der Waals surface area contributed by atoms with Gasteiger partial charge in [0.05, 0.1) is 0 Å². The fraction of sp³-hybridized carbons (Fsp3) is 0.444. The van der Waals surface area contributed by atoms with Crippen LogP contribution in [0.2, 0.25) is 0 Å². The van der Waals surface area contributed by atoms with E-state index in [2.05, 4.69) is 108 Å². The van der Waals surface area contributed by atoms with Crippen molar-refractivity contribution in [2.75, 3.05) is 0 Å². The predicted molar refractivity (Wildman–Crippen MR) is 125 cm³/mol. The van der Waals surface area contributed by atoms with Crippen LogP contribution in [0.5, 0.6) is 0 Å². The van der Waals surface area contributed by atoms with Gasteiger partial charge in [-0.2, -0.15) is 0 Å². The highest BCUT2D eigenvalue weighted by Crippen LogP contribution is 1.87. The molecule has 0 saturated carbocycles. The molecule has 3 nitrogen and oxygen atoms in total. The van der Waals surface area contributed by atoms with Crippen LogP contribution >= 0.6 is 0 Å². The van der Waals surface area contributed by atoms with E-state index in [1.54, 1.807) is 0 Å². The summed E-state index contributed by atoms with van der Waals surface area (Å²) < 4.78 is 6.64. The van der Waals surface area contributed by atoms with Crippen LogP contribution in [0.15, 0.2) is 91.8 Å². The first-order valence-electron chi connectivity index (χ1n) is 11.6. The molecule has 33 heavy (non-hydrogen) atoms. The molecule has 0 atom stereocenters. The number of aromatic nitrogens is 3. The second kappa shape index (κ2) is 25.5. The molecule has 0 bridgehead atoms. The van der Waals surface area contributed by atoms with E-state index in [0.29, 0.717) is 0 Å². The van der Waals surface area contributed by atoms with Crippen molar-refractivity contribution in [2.24, 2.45) is 0 Å². The SMILES string of the molecule is CCCC[n+]1ccccc1.CCCC[n+]1ccccc1.CCCC[n+]1ccccc1.[F-].[F-].[F-]. The number of unbranched alkanes of at least 4 members (excludes halogenated alkanes) is 3. The standard InChI is InChI=1S/3C9H14N.3FH/c3*1-2-3-7-10-8-5-4-6-9-10;;;/h3*4-6,8-9H,2-3,7H2,1H3;3*1H/q3*+1;;;/p-3. The van der Waals surface area contributed by atoms with Gasteiger partial charge < -0.3 is 14.1 Å². The molecule has 186 valence electrons. The van der Waals surface area contributed by atoms with Crippen molar-refractivity contribution in [1.29, 1.82) is 0 Å². The minimum atomic E-state index is 0. The molecule has 6 heteroatoms. The molecule has 0 aliphatic carbocycles. The zero-order chi connectivity index (χ0) is 21.7. The topological polar surface area (TPSA) is 11.6 Å². The van der Waals surface area contributed by atoms with Gasteiger partial charge in [0.2, 0.25) is 0 Å². The van der Waals surface area contributed by atoms with Crippen molar-refractivity contribution >= 4 is 0 Å². The highest BCUT2D eigenvalue weighted by Gasteiger charge is 1.95. The van der Waals surface area contributed by atoms with E-state index in [0.717, 1.165) is 19.6 Å². The van der Waals surface area contributed by atoms with Gasteiger partial charge >= 0.3 is 0 Å². The number of hydrogen-bond acceptors (Lipinski definition) is 0. The van der Waals surface area contributed by atoms with Crippen LogP contribution in [0.25, 0.3) is 0 Å². The van der Waals surface area contributed by atoms with Gasteiger partial charge in [-0.3, -0.25) is 0 Å². The van der Waals surface area contributed by atoms with Crippen LogP contribution in [-0.2, 0) is 19.6 Å². The van der Waals surface area contributed by atoms with E-state index in [9.17, 15) is 0 Å². The molecule has 3 rings (SSSR count). The summed E-state index contributed by atoms with van der Waals surface area (Å²) in [5, 5.41) is 0. The number of rotatable bonds is 9. The van der Waals surface area contributed by atoms with Crippen LogP contribution in [0.4, 0.5) is 0 Å². The number of hydrogen-bond donors (Lipinski definition) is 0. The summed E-state index contributed by atoms with van der Waals surface area (Å²) in [5.74, 6) is 0. The van der Waals surface area contributed by atoms with Crippen LogP contribution < -0.4 is 27.8 Å². The third kappa shape index (κ3) is 19.6. The first kappa shape index (κ1) is 34.8. The molecule has 3 heterocycles. The number of nitrogens with zero attached hydrogens (tertiary/aromatic N) is 3. The fourth-order valence-electron chi connectivity index (χ4n) is 2.77. The monoisotopic (exact) mass is 465 g/mol. The summed E-state index contributed by atoms with van der Waals surface area (Å²) >= 11 is 0. The minimum absolute atomic E-state index is 0. The largest absolute Gasteiger partial charge is 1.00 e. The quantitative estimate of drug-likeness (QED) is 0.289. The van der Waals surface area contributed by atoms with Crippen molar-refractivity contribution < 1.29 is 27.8 Å². The lowest BCUT2D eigenvalue weighted by molar-refractivity contribution is -0.697. The lowest BCUT2D eigenvalue weighted by Crippen LogP contribution is -3.00. The zero-order valence-electron chi connectivity index (χ0n) is 20.5.